The molecule has 3 aromatic rings. The Bertz CT molecular complexity index is 806. The van der Waals surface area contributed by atoms with Gasteiger partial charge in [0.15, 0.2) is 11.5 Å². The number of nitrogens with zero attached hydrogens (tertiary/aromatic N) is 6. The van der Waals surface area contributed by atoms with E-state index in [1.807, 2.05) is 13.0 Å². The lowest BCUT2D eigenvalue weighted by Gasteiger charge is -2.33. The van der Waals surface area contributed by atoms with E-state index in [1.54, 1.807) is 19.0 Å². The van der Waals surface area contributed by atoms with Crippen LogP contribution in [0.25, 0.3) is 11.2 Å². The first-order valence-electron chi connectivity index (χ1n) is 7.74. The number of piperidine rings is 1. The number of anilines is 2. The highest BCUT2D eigenvalue weighted by molar-refractivity contribution is 5.82. The Morgan fingerprint density at radius 1 is 1.09 bits per heavy atom. The van der Waals surface area contributed by atoms with Gasteiger partial charge in [0.25, 0.3) is 0 Å². The van der Waals surface area contributed by atoms with Gasteiger partial charge in [0.2, 0.25) is 0 Å². The Kier molecular flexibility index (Phi) is 3.49. The summed E-state index contributed by atoms with van der Waals surface area (Å²) < 4.78 is 0. The van der Waals surface area contributed by atoms with E-state index < -0.39 is 0 Å². The highest BCUT2D eigenvalue weighted by Gasteiger charge is 2.22. The number of hydrogen-bond acceptors (Lipinski definition) is 7. The fourth-order valence-electron chi connectivity index (χ4n) is 2.97. The molecule has 8 nitrogen and oxygen atoms in total. The van der Waals surface area contributed by atoms with Crippen molar-refractivity contribution in [2.24, 2.45) is 0 Å². The number of aromatic nitrogens is 6. The molecule has 1 saturated heterocycles. The molecular formula is C15H18N8. The third-order valence-corrected chi connectivity index (χ3v) is 4.15. The molecule has 1 aliphatic heterocycles. The molecule has 0 unspecified atom stereocenters. The van der Waals surface area contributed by atoms with E-state index in [4.69, 9.17) is 0 Å². The molecule has 0 aliphatic carbocycles. The average molecular weight is 310 g/mol. The molecule has 8 heteroatoms. The summed E-state index contributed by atoms with van der Waals surface area (Å²) in [5.41, 5.74) is 2.60. The average Bonchev–Trinajstić information content (AvgIpc) is 3.04. The Balaban J connectivity index is 1.44. The third-order valence-electron chi connectivity index (χ3n) is 4.15. The van der Waals surface area contributed by atoms with Gasteiger partial charge in [-0.05, 0) is 19.8 Å². The summed E-state index contributed by atoms with van der Waals surface area (Å²) in [7, 11) is 0. The van der Waals surface area contributed by atoms with E-state index in [0.717, 1.165) is 48.8 Å². The first-order valence-corrected chi connectivity index (χ1v) is 7.74. The molecule has 4 heterocycles. The normalized spacial score (nSPS) is 16.0. The van der Waals surface area contributed by atoms with Crippen LogP contribution in [0.1, 0.15) is 18.5 Å². The molecule has 0 bridgehead atoms. The number of aromatic amines is 1. The monoisotopic (exact) mass is 310 g/mol. The largest absolute Gasteiger partial charge is 0.367 e. The van der Waals surface area contributed by atoms with Crippen molar-refractivity contribution in [1.29, 1.82) is 0 Å². The van der Waals surface area contributed by atoms with Crippen molar-refractivity contribution < 1.29 is 0 Å². The molecular weight excluding hydrogens is 292 g/mol. The van der Waals surface area contributed by atoms with E-state index in [1.165, 1.54) is 0 Å². The molecule has 0 radical (unpaired) electrons. The third kappa shape index (κ3) is 2.79. The molecule has 118 valence electrons. The van der Waals surface area contributed by atoms with Crippen LogP contribution in [0.15, 0.2) is 25.0 Å². The number of aryl methyl sites for hydroxylation is 1. The second kappa shape index (κ2) is 5.79. The Labute approximate surface area is 133 Å². The summed E-state index contributed by atoms with van der Waals surface area (Å²) >= 11 is 0. The molecule has 1 aliphatic rings. The number of imidazole rings is 1. The van der Waals surface area contributed by atoms with Gasteiger partial charge in [0.1, 0.15) is 24.0 Å². The number of nitrogens with one attached hydrogen (secondary N) is 2. The smallest absolute Gasteiger partial charge is 0.182 e. The molecule has 3 aromatic heterocycles. The molecule has 0 atom stereocenters. The van der Waals surface area contributed by atoms with Crippen molar-refractivity contribution >= 4 is 22.8 Å². The lowest BCUT2D eigenvalue weighted by molar-refractivity contribution is 0.523. The van der Waals surface area contributed by atoms with Gasteiger partial charge in [-0.25, -0.2) is 24.9 Å². The summed E-state index contributed by atoms with van der Waals surface area (Å²) in [5.74, 6) is 1.83. The highest BCUT2D eigenvalue weighted by atomic mass is 15.2. The van der Waals surface area contributed by atoms with Crippen LogP contribution in [0.5, 0.6) is 0 Å². The molecule has 1 fully saturated rings. The fourth-order valence-corrected chi connectivity index (χ4v) is 2.97. The first-order chi connectivity index (χ1) is 11.3. The van der Waals surface area contributed by atoms with Gasteiger partial charge in [-0.15, -0.1) is 0 Å². The van der Waals surface area contributed by atoms with E-state index in [9.17, 15) is 0 Å². The van der Waals surface area contributed by atoms with E-state index in [-0.39, 0.29) is 0 Å². The second-order valence-electron chi connectivity index (χ2n) is 5.75. The van der Waals surface area contributed by atoms with Crippen molar-refractivity contribution in [1.82, 2.24) is 29.9 Å². The van der Waals surface area contributed by atoms with Crippen LogP contribution in [-0.2, 0) is 0 Å². The molecule has 4 rings (SSSR count). The first kappa shape index (κ1) is 13.9. The van der Waals surface area contributed by atoms with Crippen LogP contribution in [0.4, 0.5) is 11.6 Å². The molecule has 0 saturated carbocycles. The standard InChI is InChI=1S/C15H18N8/c1-10-6-12(17-7-16-10)22-11-2-4-23(5-3-11)15-13-14(19-8-18-13)20-9-21-15/h6-9,11H,2-5H2,1H3,(H,16,17,22)(H,18,19,20,21). The number of fused-ring (bicyclic) bond motifs is 1. The maximum Gasteiger partial charge on any atom is 0.182 e. The molecule has 0 aromatic carbocycles. The van der Waals surface area contributed by atoms with Crippen LogP contribution < -0.4 is 10.2 Å². The predicted octanol–water partition coefficient (Wildman–Crippen LogP) is 1.53. The minimum atomic E-state index is 0.416. The summed E-state index contributed by atoms with van der Waals surface area (Å²) in [5, 5.41) is 3.50. The van der Waals surface area contributed by atoms with Gasteiger partial charge in [0.05, 0.1) is 6.33 Å². The van der Waals surface area contributed by atoms with Gasteiger partial charge < -0.3 is 15.2 Å². The van der Waals surface area contributed by atoms with Crippen molar-refractivity contribution in [3.63, 3.8) is 0 Å². The lowest BCUT2D eigenvalue weighted by Crippen LogP contribution is -2.39. The van der Waals surface area contributed by atoms with Crippen LogP contribution in [0, 0.1) is 6.92 Å². The van der Waals surface area contributed by atoms with E-state index in [2.05, 4.69) is 40.1 Å². The fraction of sp³-hybridized carbons (Fsp3) is 0.400. The van der Waals surface area contributed by atoms with Crippen molar-refractivity contribution in [2.45, 2.75) is 25.8 Å². The van der Waals surface area contributed by atoms with Crippen LogP contribution >= 0.6 is 0 Å². The van der Waals surface area contributed by atoms with E-state index in [0.29, 0.717) is 11.7 Å². The van der Waals surface area contributed by atoms with Crippen LogP contribution in [-0.4, -0.2) is 49.0 Å². The molecule has 0 spiro atoms. The molecule has 2 N–H and O–H groups in total. The number of hydrogen-bond donors (Lipinski definition) is 2. The number of rotatable bonds is 3. The minimum absolute atomic E-state index is 0.416. The number of H-pyrrole nitrogens is 1. The maximum absolute atomic E-state index is 4.43. The lowest BCUT2D eigenvalue weighted by atomic mass is 10.0. The highest BCUT2D eigenvalue weighted by Crippen LogP contribution is 2.24. The topological polar surface area (TPSA) is 95.5 Å². The zero-order chi connectivity index (χ0) is 15.6. The predicted molar refractivity (Wildman–Crippen MR) is 87.3 cm³/mol. The van der Waals surface area contributed by atoms with Crippen LogP contribution in [0.2, 0.25) is 0 Å². The van der Waals surface area contributed by atoms with Crippen molar-refractivity contribution in [2.75, 3.05) is 23.3 Å². The summed E-state index contributed by atoms with van der Waals surface area (Å²) in [4.78, 5) is 26.6. The zero-order valence-corrected chi connectivity index (χ0v) is 12.9. The van der Waals surface area contributed by atoms with Gasteiger partial charge in [-0.3, -0.25) is 0 Å². The van der Waals surface area contributed by atoms with Gasteiger partial charge in [-0.1, -0.05) is 0 Å². The zero-order valence-electron chi connectivity index (χ0n) is 12.9. The molecule has 23 heavy (non-hydrogen) atoms. The Morgan fingerprint density at radius 2 is 1.91 bits per heavy atom. The quantitative estimate of drug-likeness (QED) is 0.757. The minimum Gasteiger partial charge on any atom is -0.367 e. The van der Waals surface area contributed by atoms with Gasteiger partial charge >= 0.3 is 0 Å². The Hall–Kier alpha value is -2.77. The summed E-state index contributed by atoms with van der Waals surface area (Å²) in [6, 6.07) is 2.39. The van der Waals surface area contributed by atoms with Gasteiger partial charge in [0, 0.05) is 30.9 Å². The van der Waals surface area contributed by atoms with Crippen molar-refractivity contribution in [3.05, 3.63) is 30.7 Å². The van der Waals surface area contributed by atoms with Crippen LogP contribution in [0.3, 0.4) is 0 Å². The SMILES string of the molecule is Cc1cc(NC2CCN(c3ncnc4nc[nH]c34)CC2)ncn1. The second-order valence-corrected chi connectivity index (χ2v) is 5.75. The summed E-state index contributed by atoms with van der Waals surface area (Å²) in [6.45, 7) is 3.85. The Morgan fingerprint density at radius 3 is 2.74 bits per heavy atom. The summed E-state index contributed by atoms with van der Waals surface area (Å²) in [6.07, 6.45) is 6.90. The molecule has 0 amide bonds. The van der Waals surface area contributed by atoms with E-state index >= 15 is 0 Å². The van der Waals surface area contributed by atoms with Gasteiger partial charge in [-0.2, -0.15) is 0 Å². The van der Waals surface area contributed by atoms with Crippen molar-refractivity contribution in [3.8, 4) is 0 Å². The maximum atomic E-state index is 4.43.